The van der Waals surface area contributed by atoms with Crippen molar-refractivity contribution in [1.82, 2.24) is 25.8 Å². The summed E-state index contributed by atoms with van der Waals surface area (Å²) in [5, 5.41) is 43.2. The SMILES string of the molecule is C=C[C@]1(O/C=C/[C@H](OC)[C@@H](C)[C@@H](OC(=O)CC(=O)NCCC(=O)OCC)[C@H](C)[C@H](O)[C@H](C)[C@H](C)O)O/C(=C(\C)C2(O)CC(=O)/C(NC(=O)C(C)(C)C(C)C)=C(\C)NCCN(CC(C)C)CCN2C)C(=C)C1=O. The first kappa shape index (κ1) is 63.2. The van der Waals surface area contributed by atoms with Crippen LogP contribution in [0.1, 0.15) is 109 Å². The van der Waals surface area contributed by atoms with Crippen LogP contribution in [0.5, 0.6) is 0 Å². The minimum atomic E-state index is -2.21. The smallest absolute Gasteiger partial charge is 0.336 e. The number of hydrogen-bond donors (Lipinski definition) is 6. The van der Waals surface area contributed by atoms with Crippen LogP contribution in [0.25, 0.3) is 0 Å². The second kappa shape index (κ2) is 27.9. The molecule has 0 aromatic rings. The van der Waals surface area contributed by atoms with Crippen molar-refractivity contribution in [2.75, 3.05) is 60.0 Å². The molecule has 408 valence electrons. The van der Waals surface area contributed by atoms with Gasteiger partial charge in [-0.05, 0) is 52.7 Å². The van der Waals surface area contributed by atoms with Crippen LogP contribution in [0.15, 0.2) is 59.9 Å². The van der Waals surface area contributed by atoms with E-state index in [1.54, 1.807) is 60.4 Å². The molecule has 1 saturated heterocycles. The first-order chi connectivity index (χ1) is 33.4. The van der Waals surface area contributed by atoms with E-state index in [4.69, 9.17) is 23.7 Å². The van der Waals surface area contributed by atoms with Gasteiger partial charge >= 0.3 is 17.7 Å². The van der Waals surface area contributed by atoms with E-state index in [0.29, 0.717) is 31.2 Å². The highest BCUT2D eigenvalue weighted by Gasteiger charge is 2.53. The molecule has 2 aliphatic rings. The Labute approximate surface area is 427 Å². The number of likely N-dealkylation sites (N-methyl/N-ethyl adjacent to an activating group) is 1. The average Bonchev–Trinajstić information content (AvgIpc) is 3.56. The van der Waals surface area contributed by atoms with Crippen LogP contribution >= 0.6 is 0 Å². The summed E-state index contributed by atoms with van der Waals surface area (Å²) < 4.78 is 28.9. The highest BCUT2D eigenvalue weighted by molar-refractivity contribution is 6.08. The van der Waals surface area contributed by atoms with Crippen LogP contribution < -0.4 is 16.0 Å². The maximum Gasteiger partial charge on any atom is 0.336 e. The summed E-state index contributed by atoms with van der Waals surface area (Å²) in [7, 11) is 3.04. The predicted octanol–water partition coefficient (Wildman–Crippen LogP) is 4.04. The van der Waals surface area contributed by atoms with Crippen molar-refractivity contribution in [3.63, 3.8) is 0 Å². The van der Waals surface area contributed by atoms with E-state index in [1.807, 2.05) is 13.8 Å². The Kier molecular flexibility index (Phi) is 24.5. The number of ether oxygens (including phenoxy) is 5. The van der Waals surface area contributed by atoms with Crippen LogP contribution in [-0.2, 0) is 52.5 Å². The number of esters is 2. The third-order valence-electron chi connectivity index (χ3n) is 14.2. The van der Waals surface area contributed by atoms with E-state index in [0.717, 1.165) is 18.9 Å². The number of aliphatic hydroxyl groups is 3. The number of amides is 2. The fourth-order valence-corrected chi connectivity index (χ4v) is 8.32. The number of Topliss-reactive ketones (excluding diaryl/α,β-unsaturated/α-hetero) is 2. The van der Waals surface area contributed by atoms with Gasteiger partial charge in [0.2, 0.25) is 11.8 Å². The molecular formula is C53H87N5O14. The maximum absolute atomic E-state index is 14.5. The van der Waals surface area contributed by atoms with Crippen LogP contribution in [0, 0.1) is 35.0 Å². The molecular weight excluding hydrogens is 931 g/mol. The molecule has 0 aliphatic carbocycles. The molecule has 0 radical (unpaired) electrons. The minimum absolute atomic E-state index is 0.000828. The van der Waals surface area contributed by atoms with Crippen molar-refractivity contribution in [1.29, 1.82) is 0 Å². The lowest BCUT2D eigenvalue weighted by atomic mass is 9.80. The molecule has 19 nitrogen and oxygen atoms in total. The van der Waals surface area contributed by atoms with Gasteiger partial charge in [0.25, 0.3) is 5.78 Å². The van der Waals surface area contributed by atoms with E-state index in [9.17, 15) is 44.1 Å². The number of carbonyl (C=O) groups excluding carboxylic acids is 6. The van der Waals surface area contributed by atoms with Crippen molar-refractivity contribution < 1.29 is 67.8 Å². The molecule has 2 rings (SSSR count). The zero-order chi connectivity index (χ0) is 55.1. The summed E-state index contributed by atoms with van der Waals surface area (Å²) in [5.74, 6) is -8.18. The summed E-state index contributed by atoms with van der Waals surface area (Å²) in [4.78, 5) is 84.0. The van der Waals surface area contributed by atoms with E-state index in [2.05, 4.69) is 47.9 Å². The van der Waals surface area contributed by atoms with Gasteiger partial charge in [0.15, 0.2) is 11.5 Å². The second-order valence-electron chi connectivity index (χ2n) is 20.5. The van der Waals surface area contributed by atoms with Crippen molar-refractivity contribution in [3.05, 3.63) is 59.9 Å². The predicted molar refractivity (Wildman–Crippen MR) is 272 cm³/mol. The number of ketones is 2. The van der Waals surface area contributed by atoms with E-state index >= 15 is 0 Å². The number of methoxy groups -OCH3 is 1. The van der Waals surface area contributed by atoms with Crippen molar-refractivity contribution in [2.45, 2.75) is 145 Å². The summed E-state index contributed by atoms with van der Waals surface area (Å²) in [6.45, 7) is 33.6. The van der Waals surface area contributed by atoms with Crippen LogP contribution in [-0.4, -0.2) is 156 Å². The average molecular weight is 1020 g/mol. The van der Waals surface area contributed by atoms with E-state index < -0.39 is 101 Å². The monoisotopic (exact) mass is 1020 g/mol. The Morgan fingerprint density at radius 2 is 1.62 bits per heavy atom. The summed E-state index contributed by atoms with van der Waals surface area (Å²) >= 11 is 0. The lowest BCUT2D eigenvalue weighted by molar-refractivity contribution is -0.164. The molecule has 1 fully saturated rings. The molecule has 6 N–H and O–H groups in total. The number of aliphatic hydroxyl groups excluding tert-OH is 2. The molecule has 2 heterocycles. The van der Waals surface area contributed by atoms with Crippen molar-refractivity contribution >= 4 is 35.3 Å². The van der Waals surface area contributed by atoms with Gasteiger partial charge in [-0.2, -0.15) is 0 Å². The summed E-state index contributed by atoms with van der Waals surface area (Å²) in [6.07, 6.45) is -1.82. The van der Waals surface area contributed by atoms with Gasteiger partial charge in [-0.3, -0.25) is 33.7 Å². The molecule has 72 heavy (non-hydrogen) atoms. The number of nitrogens with one attached hydrogen (secondary N) is 3. The van der Waals surface area contributed by atoms with Crippen LogP contribution in [0.3, 0.4) is 0 Å². The lowest BCUT2D eigenvalue weighted by Gasteiger charge is -2.40. The molecule has 0 bridgehead atoms. The molecule has 2 aliphatic heterocycles. The number of rotatable bonds is 24. The molecule has 2 amide bonds. The Morgan fingerprint density at radius 1 is 0.986 bits per heavy atom. The standard InChI is InChI=1S/C53H87N5O14/c1-18-53(70-27-21-41(68-17)34(8)47(35(9)46(64)33(7)39(13)59)71-44(63)28-42(61)55-22-20-43(62)69-19-2)49(65)36(10)48(72-53)37(11)52(67)29-40(60)45(56-50(66)51(14,15)32(5)6)38(12)54-23-24-58(30-31(3)4)26-25-57(52)16/h18,21,27,31-35,39,41,46-47,54,59,64,67H,1,10,19-20,22-26,28-30H2,2-9,11-17H3,(H,55,61)(H,56,66)/b27-21+,45-38-,48-37+/t33-,34-,35-,39+,41+,46-,47-,52?,53+/m1/s1. The van der Waals surface area contributed by atoms with Crippen molar-refractivity contribution in [2.24, 2.45) is 35.0 Å². The van der Waals surface area contributed by atoms with Crippen LogP contribution in [0.4, 0.5) is 0 Å². The number of carbonyl (C=O) groups is 6. The van der Waals surface area contributed by atoms with Gasteiger partial charge in [-0.1, -0.05) is 75.5 Å². The zero-order valence-electron chi connectivity index (χ0n) is 45.6. The molecule has 0 aromatic carbocycles. The van der Waals surface area contributed by atoms with Gasteiger partial charge in [0, 0.05) is 86.9 Å². The Bertz CT molecular complexity index is 2030. The van der Waals surface area contributed by atoms with Gasteiger partial charge in [-0.25, -0.2) is 0 Å². The number of hydrogen-bond acceptors (Lipinski definition) is 17. The molecule has 0 spiro atoms. The topological polar surface area (TPSA) is 252 Å². The first-order valence-corrected chi connectivity index (χ1v) is 25.0. The molecule has 0 aromatic heterocycles. The lowest BCUT2D eigenvalue weighted by Crippen LogP contribution is -2.53. The molecule has 0 saturated carbocycles. The second-order valence-corrected chi connectivity index (χ2v) is 20.5. The quantitative estimate of drug-likeness (QED) is 0.0262. The largest absolute Gasteiger partial charge is 0.466 e. The van der Waals surface area contributed by atoms with Gasteiger partial charge in [0.05, 0.1) is 49.6 Å². The highest BCUT2D eigenvalue weighted by atomic mass is 16.7. The fraction of sp³-hybridized carbons (Fsp3) is 0.698. The highest BCUT2D eigenvalue weighted by Crippen LogP contribution is 2.42. The first-order valence-electron chi connectivity index (χ1n) is 25.0. The zero-order valence-corrected chi connectivity index (χ0v) is 45.6. The molecule has 19 heteroatoms. The molecule has 9 atom stereocenters. The normalized spacial score (nSPS) is 24.7. The summed E-state index contributed by atoms with van der Waals surface area (Å²) in [6, 6.07) is 0. The fourth-order valence-electron chi connectivity index (χ4n) is 8.32. The number of allylic oxidation sites excluding steroid dienone is 3. The summed E-state index contributed by atoms with van der Waals surface area (Å²) in [5.41, 5.74) is -2.63. The van der Waals surface area contributed by atoms with Gasteiger partial charge in [0.1, 0.15) is 24.0 Å². The Balaban J connectivity index is 2.59. The Hall–Kier alpha value is -4.92. The number of nitrogens with zero attached hydrogens (tertiary/aromatic N) is 2. The van der Waals surface area contributed by atoms with Gasteiger partial charge < -0.3 is 59.9 Å². The third kappa shape index (κ3) is 16.5. The van der Waals surface area contributed by atoms with E-state index in [1.165, 1.54) is 27.0 Å². The minimum Gasteiger partial charge on any atom is -0.466 e. The van der Waals surface area contributed by atoms with Gasteiger partial charge in [-0.15, -0.1) is 0 Å². The van der Waals surface area contributed by atoms with E-state index in [-0.39, 0.29) is 60.5 Å². The third-order valence-corrected chi connectivity index (χ3v) is 14.2. The van der Waals surface area contributed by atoms with Crippen molar-refractivity contribution in [3.8, 4) is 0 Å². The Morgan fingerprint density at radius 3 is 2.18 bits per heavy atom. The maximum atomic E-state index is 14.5. The van der Waals surface area contributed by atoms with Crippen LogP contribution in [0.2, 0.25) is 0 Å². The molecule has 1 unspecified atom stereocenters.